The van der Waals surface area contributed by atoms with Crippen LogP contribution >= 0.6 is 22.9 Å². The summed E-state index contributed by atoms with van der Waals surface area (Å²) in [6.45, 7) is 1.60. The van der Waals surface area contributed by atoms with Gasteiger partial charge in [0.15, 0.2) is 0 Å². The third-order valence-corrected chi connectivity index (χ3v) is 5.49. The first-order chi connectivity index (χ1) is 13.3. The van der Waals surface area contributed by atoms with E-state index < -0.39 is 5.82 Å². The number of nitrogens with zero attached hydrogens (tertiary/aromatic N) is 4. The highest BCUT2D eigenvalue weighted by Gasteiger charge is 2.17. The molecule has 6 nitrogen and oxygen atoms in total. The lowest BCUT2D eigenvalue weighted by Gasteiger charge is -2.17. The minimum absolute atomic E-state index is 0.0239. The summed E-state index contributed by atoms with van der Waals surface area (Å²) < 4.78 is 13.4. The SMILES string of the molecule is CN(C)CCCN(C)C(=O)c1cc2c(Nc3ccc(F)c(Cl)c3)ncnc2s1. The van der Waals surface area contributed by atoms with E-state index in [2.05, 4.69) is 20.2 Å². The molecule has 1 N–H and O–H groups in total. The third kappa shape index (κ3) is 4.76. The standard InChI is InChI=1S/C19H21ClFN5OS/c1-25(2)7-4-8-26(3)19(27)16-10-13-17(22-11-23-18(13)28-16)24-12-5-6-15(21)14(20)9-12/h5-6,9-11H,4,7-8H2,1-3H3,(H,22,23,24). The Kier molecular flexibility index (Phi) is 6.43. The van der Waals surface area contributed by atoms with Crippen LogP contribution in [0, 0.1) is 5.82 Å². The zero-order chi connectivity index (χ0) is 20.3. The molecule has 0 spiro atoms. The van der Waals surface area contributed by atoms with Crippen LogP contribution in [0.1, 0.15) is 16.1 Å². The molecule has 9 heteroatoms. The Bertz CT molecular complexity index is 994. The van der Waals surface area contributed by atoms with Crippen LogP contribution in [0.5, 0.6) is 0 Å². The molecule has 0 saturated carbocycles. The van der Waals surface area contributed by atoms with E-state index in [9.17, 15) is 9.18 Å². The number of halogens is 2. The average Bonchev–Trinajstić information content (AvgIpc) is 3.09. The van der Waals surface area contributed by atoms with Crippen molar-refractivity contribution >= 4 is 50.6 Å². The number of carbonyl (C=O) groups is 1. The highest BCUT2D eigenvalue weighted by molar-refractivity contribution is 7.20. The van der Waals surface area contributed by atoms with Gasteiger partial charge in [-0.15, -0.1) is 11.3 Å². The van der Waals surface area contributed by atoms with Gasteiger partial charge in [-0.05, 0) is 51.3 Å². The Morgan fingerprint density at radius 2 is 2.00 bits per heavy atom. The molecular weight excluding hydrogens is 401 g/mol. The number of amides is 1. The van der Waals surface area contributed by atoms with Crippen LogP contribution in [0.4, 0.5) is 15.9 Å². The molecule has 3 aromatic rings. The van der Waals surface area contributed by atoms with Gasteiger partial charge in [-0.25, -0.2) is 14.4 Å². The van der Waals surface area contributed by atoms with E-state index in [-0.39, 0.29) is 10.9 Å². The second kappa shape index (κ2) is 8.81. The van der Waals surface area contributed by atoms with Crippen LogP contribution < -0.4 is 5.32 Å². The maximum Gasteiger partial charge on any atom is 0.263 e. The Hall–Kier alpha value is -2.29. The number of anilines is 2. The fourth-order valence-corrected chi connectivity index (χ4v) is 3.86. The van der Waals surface area contributed by atoms with Crippen LogP contribution in [0.2, 0.25) is 5.02 Å². The number of hydrogen-bond donors (Lipinski definition) is 1. The first kappa shape index (κ1) is 20.4. The lowest BCUT2D eigenvalue weighted by Crippen LogP contribution is -2.29. The molecule has 0 aliphatic carbocycles. The zero-order valence-corrected chi connectivity index (χ0v) is 17.4. The monoisotopic (exact) mass is 421 g/mol. The average molecular weight is 422 g/mol. The van der Waals surface area contributed by atoms with Crippen molar-refractivity contribution in [1.82, 2.24) is 19.8 Å². The zero-order valence-electron chi connectivity index (χ0n) is 15.9. The molecule has 1 aromatic carbocycles. The fourth-order valence-electron chi connectivity index (χ4n) is 2.68. The van der Waals surface area contributed by atoms with Crippen LogP contribution in [-0.4, -0.2) is 59.9 Å². The summed E-state index contributed by atoms with van der Waals surface area (Å²) in [4.78, 5) is 26.4. The number of rotatable bonds is 7. The lowest BCUT2D eigenvalue weighted by atomic mass is 10.2. The van der Waals surface area contributed by atoms with Crippen molar-refractivity contribution in [3.05, 3.63) is 46.3 Å². The number of aromatic nitrogens is 2. The Labute approximate surface area is 172 Å². The van der Waals surface area contributed by atoms with Gasteiger partial charge in [-0.2, -0.15) is 0 Å². The second-order valence-electron chi connectivity index (χ2n) is 6.69. The molecule has 148 valence electrons. The van der Waals surface area contributed by atoms with Crippen molar-refractivity contribution in [1.29, 1.82) is 0 Å². The van der Waals surface area contributed by atoms with Crippen molar-refractivity contribution in [3.63, 3.8) is 0 Å². The Morgan fingerprint density at radius 3 is 2.71 bits per heavy atom. The van der Waals surface area contributed by atoms with Gasteiger partial charge in [0, 0.05) is 19.3 Å². The van der Waals surface area contributed by atoms with Gasteiger partial charge >= 0.3 is 0 Å². The molecule has 3 rings (SSSR count). The highest BCUT2D eigenvalue weighted by atomic mass is 35.5. The first-order valence-electron chi connectivity index (χ1n) is 8.72. The summed E-state index contributed by atoms with van der Waals surface area (Å²) in [6, 6.07) is 6.14. The van der Waals surface area contributed by atoms with E-state index >= 15 is 0 Å². The lowest BCUT2D eigenvalue weighted by molar-refractivity contribution is 0.0795. The number of fused-ring (bicyclic) bond motifs is 1. The van der Waals surface area contributed by atoms with Gasteiger partial charge in [0.2, 0.25) is 0 Å². The van der Waals surface area contributed by atoms with E-state index in [1.54, 1.807) is 24.1 Å². The van der Waals surface area contributed by atoms with E-state index in [0.29, 0.717) is 27.8 Å². The minimum atomic E-state index is -0.485. The molecule has 0 atom stereocenters. The van der Waals surface area contributed by atoms with Crippen molar-refractivity contribution in [2.45, 2.75) is 6.42 Å². The fraction of sp³-hybridized carbons (Fsp3) is 0.316. The molecule has 0 fully saturated rings. The van der Waals surface area contributed by atoms with Crippen molar-refractivity contribution in [3.8, 4) is 0 Å². The summed E-state index contributed by atoms with van der Waals surface area (Å²) in [7, 11) is 5.82. The molecule has 0 unspecified atom stereocenters. The van der Waals surface area contributed by atoms with Gasteiger partial charge < -0.3 is 15.1 Å². The predicted octanol–water partition coefficient (Wildman–Crippen LogP) is 4.25. The maximum absolute atomic E-state index is 13.4. The quantitative estimate of drug-likeness (QED) is 0.617. The molecule has 28 heavy (non-hydrogen) atoms. The van der Waals surface area contributed by atoms with Gasteiger partial charge in [-0.1, -0.05) is 11.6 Å². The molecule has 2 heterocycles. The summed E-state index contributed by atoms with van der Waals surface area (Å²) in [5.41, 5.74) is 0.603. The van der Waals surface area contributed by atoms with Crippen molar-refractivity contribution in [2.24, 2.45) is 0 Å². The molecular formula is C19H21ClFN5OS. The summed E-state index contributed by atoms with van der Waals surface area (Å²) in [5.74, 6) is 0.0107. The summed E-state index contributed by atoms with van der Waals surface area (Å²) in [6.07, 6.45) is 2.33. The topological polar surface area (TPSA) is 61.4 Å². The molecule has 0 aliphatic rings. The molecule has 0 bridgehead atoms. The number of thiophene rings is 1. The summed E-state index contributed by atoms with van der Waals surface area (Å²) >= 11 is 7.17. The number of nitrogens with one attached hydrogen (secondary N) is 1. The Balaban J connectivity index is 1.80. The largest absolute Gasteiger partial charge is 0.341 e. The van der Waals surface area contributed by atoms with Gasteiger partial charge in [0.25, 0.3) is 5.91 Å². The Morgan fingerprint density at radius 1 is 1.21 bits per heavy atom. The smallest absolute Gasteiger partial charge is 0.263 e. The minimum Gasteiger partial charge on any atom is -0.341 e. The van der Waals surface area contributed by atoms with Crippen LogP contribution in [-0.2, 0) is 0 Å². The highest BCUT2D eigenvalue weighted by Crippen LogP contribution is 2.31. The molecule has 0 saturated heterocycles. The molecule has 1 amide bonds. The predicted molar refractivity (Wildman–Crippen MR) is 112 cm³/mol. The number of benzene rings is 1. The van der Waals surface area contributed by atoms with E-state index in [1.807, 2.05) is 14.1 Å². The number of carbonyl (C=O) groups excluding carboxylic acids is 1. The normalized spacial score (nSPS) is 11.2. The van der Waals surface area contributed by atoms with E-state index in [4.69, 9.17) is 11.6 Å². The molecule has 0 aliphatic heterocycles. The maximum atomic E-state index is 13.4. The first-order valence-corrected chi connectivity index (χ1v) is 9.91. The van der Waals surface area contributed by atoms with E-state index in [0.717, 1.165) is 18.4 Å². The van der Waals surface area contributed by atoms with Crippen molar-refractivity contribution < 1.29 is 9.18 Å². The van der Waals surface area contributed by atoms with Gasteiger partial charge in [-0.3, -0.25) is 4.79 Å². The molecule has 2 aromatic heterocycles. The van der Waals surface area contributed by atoms with Crippen LogP contribution in [0.15, 0.2) is 30.6 Å². The van der Waals surface area contributed by atoms with Gasteiger partial charge in [0.05, 0.1) is 15.3 Å². The van der Waals surface area contributed by atoms with Gasteiger partial charge in [0.1, 0.15) is 22.8 Å². The number of hydrogen-bond acceptors (Lipinski definition) is 6. The van der Waals surface area contributed by atoms with Crippen molar-refractivity contribution in [2.75, 3.05) is 39.5 Å². The van der Waals surface area contributed by atoms with Crippen LogP contribution in [0.25, 0.3) is 10.2 Å². The molecule has 0 radical (unpaired) electrons. The second-order valence-corrected chi connectivity index (χ2v) is 8.13. The van der Waals surface area contributed by atoms with Crippen LogP contribution in [0.3, 0.4) is 0 Å². The summed E-state index contributed by atoms with van der Waals surface area (Å²) in [5, 5.41) is 3.88. The van der Waals surface area contributed by atoms with E-state index in [1.165, 1.54) is 29.8 Å². The third-order valence-electron chi connectivity index (χ3n) is 4.17.